The maximum Gasteiger partial charge on any atom is 0.338 e. The monoisotopic (exact) mass is 466 g/mol. The highest BCUT2D eigenvalue weighted by Gasteiger charge is 2.33. The Labute approximate surface area is 195 Å². The molecule has 0 N–H and O–H groups in total. The van der Waals surface area contributed by atoms with E-state index < -0.39 is 12.0 Å². The number of fused-ring (bicyclic) bond motifs is 1. The second-order valence-electron chi connectivity index (χ2n) is 7.58. The van der Waals surface area contributed by atoms with Crippen molar-refractivity contribution in [3.8, 4) is 5.75 Å². The van der Waals surface area contributed by atoms with Crippen molar-refractivity contribution in [1.82, 2.24) is 14.3 Å². The predicted octanol–water partition coefficient (Wildman–Crippen LogP) is 2.33. The average molecular weight is 467 g/mol. The highest BCUT2D eigenvalue weighted by Crippen LogP contribution is 2.31. The van der Waals surface area contributed by atoms with Crippen molar-refractivity contribution in [2.45, 2.75) is 40.3 Å². The molecule has 0 unspecified atom stereocenters. The molecule has 0 fully saturated rings. The van der Waals surface area contributed by atoms with Crippen LogP contribution in [0.4, 0.5) is 0 Å². The van der Waals surface area contributed by atoms with E-state index in [1.54, 1.807) is 31.7 Å². The van der Waals surface area contributed by atoms with Crippen molar-refractivity contribution in [3.63, 3.8) is 0 Å². The molecule has 33 heavy (non-hydrogen) atoms. The lowest BCUT2D eigenvalue weighted by Gasteiger charge is -2.24. The summed E-state index contributed by atoms with van der Waals surface area (Å²) in [6.07, 6.45) is 3.60. The molecule has 1 atom stereocenters. The number of hydrogen-bond acceptors (Lipinski definition) is 7. The fourth-order valence-corrected chi connectivity index (χ4v) is 4.99. The van der Waals surface area contributed by atoms with Crippen LogP contribution < -0.4 is 19.6 Å². The van der Waals surface area contributed by atoms with Gasteiger partial charge in [0.2, 0.25) is 0 Å². The Hall–Kier alpha value is -3.46. The zero-order valence-electron chi connectivity index (χ0n) is 19.3. The molecule has 3 heterocycles. The Balaban J connectivity index is 1.94. The largest absolute Gasteiger partial charge is 0.497 e. The summed E-state index contributed by atoms with van der Waals surface area (Å²) in [7, 11) is 1.59. The number of nitrogens with zero attached hydrogens (tertiary/aromatic N) is 4. The van der Waals surface area contributed by atoms with E-state index in [2.05, 4.69) is 10.1 Å². The Morgan fingerprint density at radius 2 is 1.94 bits per heavy atom. The van der Waals surface area contributed by atoms with Gasteiger partial charge in [-0.15, -0.1) is 0 Å². The quantitative estimate of drug-likeness (QED) is 0.521. The number of esters is 1. The first-order chi connectivity index (χ1) is 15.9. The fraction of sp³-hybridized carbons (Fsp3) is 0.333. The first kappa shape index (κ1) is 22.7. The molecule has 0 aliphatic carbocycles. The highest BCUT2D eigenvalue weighted by atomic mass is 32.1. The van der Waals surface area contributed by atoms with Gasteiger partial charge in [0.1, 0.15) is 5.75 Å². The van der Waals surface area contributed by atoms with Gasteiger partial charge in [0.05, 0.1) is 41.8 Å². The molecule has 0 amide bonds. The van der Waals surface area contributed by atoms with Crippen molar-refractivity contribution in [2.24, 2.45) is 4.99 Å². The zero-order valence-corrected chi connectivity index (χ0v) is 20.1. The van der Waals surface area contributed by atoms with Crippen molar-refractivity contribution < 1.29 is 14.3 Å². The molecule has 172 valence electrons. The molecular formula is C24H26N4O4S. The number of aromatic nitrogens is 3. The second kappa shape index (κ2) is 9.19. The summed E-state index contributed by atoms with van der Waals surface area (Å²) in [6.45, 7) is 8.50. The maximum atomic E-state index is 13.6. The Morgan fingerprint density at radius 1 is 1.21 bits per heavy atom. The van der Waals surface area contributed by atoms with E-state index >= 15 is 0 Å². The van der Waals surface area contributed by atoms with E-state index in [0.717, 1.165) is 23.4 Å². The molecule has 4 rings (SSSR count). The minimum Gasteiger partial charge on any atom is -0.497 e. The maximum absolute atomic E-state index is 13.6. The van der Waals surface area contributed by atoms with Crippen LogP contribution in [0.15, 0.2) is 51.5 Å². The number of allylic oxidation sites excluding steroid dienone is 1. The van der Waals surface area contributed by atoms with Crippen LogP contribution in [0.5, 0.6) is 5.75 Å². The van der Waals surface area contributed by atoms with Gasteiger partial charge in [-0.05, 0) is 51.5 Å². The van der Waals surface area contributed by atoms with E-state index in [-0.39, 0.29) is 12.2 Å². The van der Waals surface area contributed by atoms with Crippen LogP contribution in [0.1, 0.15) is 43.6 Å². The number of carbonyl (C=O) groups is 1. The van der Waals surface area contributed by atoms with Crippen LogP contribution in [0, 0.1) is 6.92 Å². The first-order valence-electron chi connectivity index (χ1n) is 10.8. The topological polar surface area (TPSA) is 87.7 Å². The van der Waals surface area contributed by atoms with Crippen LogP contribution in [-0.2, 0) is 16.1 Å². The number of thiazole rings is 1. The van der Waals surface area contributed by atoms with Crippen molar-refractivity contribution in [3.05, 3.63) is 78.2 Å². The number of aryl methyl sites for hydroxylation is 1. The molecule has 0 saturated carbocycles. The molecule has 0 saturated heterocycles. The van der Waals surface area contributed by atoms with E-state index in [1.165, 1.54) is 11.3 Å². The van der Waals surface area contributed by atoms with Gasteiger partial charge >= 0.3 is 5.97 Å². The molecule has 3 aromatic rings. The zero-order chi connectivity index (χ0) is 23.7. The van der Waals surface area contributed by atoms with Gasteiger partial charge in [-0.3, -0.25) is 14.0 Å². The number of benzene rings is 1. The Morgan fingerprint density at radius 3 is 2.55 bits per heavy atom. The molecule has 0 radical (unpaired) electrons. The molecule has 0 bridgehead atoms. The SMILES string of the molecule is CCOC(=O)C1=C(C)N=c2sc(=Cc3cnn(CC)c3C)c(=O)n2[C@@H]1c1ccc(OC)cc1. The molecule has 1 aliphatic heterocycles. The van der Waals surface area contributed by atoms with E-state index in [1.807, 2.05) is 48.9 Å². The van der Waals surface area contributed by atoms with Gasteiger partial charge < -0.3 is 9.47 Å². The molecule has 8 nitrogen and oxygen atoms in total. The van der Waals surface area contributed by atoms with Gasteiger partial charge in [0, 0.05) is 17.8 Å². The lowest BCUT2D eigenvalue weighted by atomic mass is 9.96. The first-order valence-corrected chi connectivity index (χ1v) is 11.6. The van der Waals surface area contributed by atoms with Gasteiger partial charge in [-0.1, -0.05) is 23.5 Å². The summed E-state index contributed by atoms with van der Waals surface area (Å²) in [5.74, 6) is 0.210. The van der Waals surface area contributed by atoms with Gasteiger partial charge in [-0.2, -0.15) is 5.10 Å². The molecule has 9 heteroatoms. The lowest BCUT2D eigenvalue weighted by molar-refractivity contribution is -0.139. The predicted molar refractivity (Wildman–Crippen MR) is 126 cm³/mol. The number of methoxy groups -OCH3 is 1. The third-order valence-electron chi connectivity index (χ3n) is 5.68. The highest BCUT2D eigenvalue weighted by molar-refractivity contribution is 7.07. The Bertz CT molecular complexity index is 1410. The summed E-state index contributed by atoms with van der Waals surface area (Å²) >= 11 is 1.30. The normalized spacial score (nSPS) is 15.9. The Kier molecular flexibility index (Phi) is 6.33. The van der Waals surface area contributed by atoms with Gasteiger partial charge in [-0.25, -0.2) is 9.79 Å². The minimum atomic E-state index is -0.646. The van der Waals surface area contributed by atoms with E-state index in [0.29, 0.717) is 26.4 Å². The smallest absolute Gasteiger partial charge is 0.338 e. The van der Waals surface area contributed by atoms with Crippen LogP contribution in [0.25, 0.3) is 6.08 Å². The van der Waals surface area contributed by atoms with Crippen molar-refractivity contribution >= 4 is 23.4 Å². The molecule has 1 aromatic carbocycles. The number of rotatable bonds is 6. The third-order valence-corrected chi connectivity index (χ3v) is 6.66. The fourth-order valence-electron chi connectivity index (χ4n) is 3.96. The van der Waals surface area contributed by atoms with Crippen LogP contribution in [-0.4, -0.2) is 34.0 Å². The second-order valence-corrected chi connectivity index (χ2v) is 8.59. The summed E-state index contributed by atoms with van der Waals surface area (Å²) in [5, 5.41) is 4.37. The van der Waals surface area contributed by atoms with Gasteiger partial charge in [0.15, 0.2) is 4.80 Å². The third kappa shape index (κ3) is 4.04. The van der Waals surface area contributed by atoms with Crippen LogP contribution >= 0.6 is 11.3 Å². The van der Waals surface area contributed by atoms with Crippen molar-refractivity contribution in [1.29, 1.82) is 0 Å². The minimum absolute atomic E-state index is 0.211. The van der Waals surface area contributed by atoms with E-state index in [4.69, 9.17) is 9.47 Å². The average Bonchev–Trinajstić information content (AvgIpc) is 3.32. The molecular weight excluding hydrogens is 440 g/mol. The lowest BCUT2D eigenvalue weighted by Crippen LogP contribution is -2.39. The van der Waals surface area contributed by atoms with Crippen molar-refractivity contribution in [2.75, 3.05) is 13.7 Å². The summed E-state index contributed by atoms with van der Waals surface area (Å²) in [6, 6.07) is 6.69. The summed E-state index contributed by atoms with van der Waals surface area (Å²) < 4.78 is 14.6. The summed E-state index contributed by atoms with van der Waals surface area (Å²) in [4.78, 5) is 31.7. The van der Waals surface area contributed by atoms with Crippen LogP contribution in [0.3, 0.4) is 0 Å². The summed E-state index contributed by atoms with van der Waals surface area (Å²) in [5.41, 5.74) is 3.32. The van der Waals surface area contributed by atoms with Gasteiger partial charge in [0.25, 0.3) is 5.56 Å². The number of hydrogen-bond donors (Lipinski definition) is 0. The molecule has 1 aliphatic rings. The number of carbonyl (C=O) groups excluding carboxylic acids is 1. The number of ether oxygens (including phenoxy) is 2. The van der Waals surface area contributed by atoms with Crippen LogP contribution in [0.2, 0.25) is 0 Å². The molecule has 0 spiro atoms. The van der Waals surface area contributed by atoms with E-state index in [9.17, 15) is 9.59 Å². The standard InChI is InChI=1S/C24H26N4O4S/c1-6-27-15(4)17(13-25-27)12-19-22(29)28-21(16-8-10-18(31-5)11-9-16)20(23(30)32-7-2)14(3)26-24(28)33-19/h8-13,21H,6-7H2,1-5H3/t21-/m1/s1. The molecule has 2 aromatic heterocycles.